The fraction of sp³-hybridized carbons (Fsp3) is 0.500. The third kappa shape index (κ3) is 4.25. The Balaban J connectivity index is 1.60. The van der Waals surface area contributed by atoms with Crippen molar-refractivity contribution in [3.8, 4) is 0 Å². The normalized spacial score (nSPS) is 15.3. The van der Waals surface area contributed by atoms with Crippen molar-refractivity contribution >= 4 is 23.0 Å². The van der Waals surface area contributed by atoms with Crippen LogP contribution in [0, 0.1) is 0 Å². The van der Waals surface area contributed by atoms with E-state index in [1.807, 2.05) is 30.9 Å². The first-order valence-corrected chi connectivity index (χ1v) is 8.96. The zero-order valence-corrected chi connectivity index (χ0v) is 15.2. The fourth-order valence-electron chi connectivity index (χ4n) is 3.18. The molecule has 0 saturated carbocycles. The van der Waals surface area contributed by atoms with Crippen molar-refractivity contribution < 1.29 is 9.59 Å². The van der Waals surface area contributed by atoms with E-state index in [1.165, 1.54) is 0 Å². The van der Waals surface area contributed by atoms with Crippen LogP contribution in [0.3, 0.4) is 0 Å². The van der Waals surface area contributed by atoms with Crippen LogP contribution >= 0.6 is 0 Å². The average Bonchev–Trinajstić information content (AvgIpc) is 2.79. The first kappa shape index (κ1) is 18.0. The smallest absolute Gasteiger partial charge is 0.323 e. The minimum Gasteiger partial charge on any atom is -0.341 e. The molecule has 1 aromatic heterocycles. The summed E-state index contributed by atoms with van der Waals surface area (Å²) in [5.74, 6) is 0.0355. The van der Waals surface area contributed by atoms with E-state index in [9.17, 15) is 14.4 Å². The number of carbonyl (C=O) groups is 2. The van der Waals surface area contributed by atoms with E-state index < -0.39 is 0 Å². The number of hydrogen-bond acceptors (Lipinski definition) is 3. The van der Waals surface area contributed by atoms with Gasteiger partial charge in [-0.05, 0) is 38.0 Å². The zero-order chi connectivity index (χ0) is 18.7. The molecule has 0 aliphatic carbocycles. The highest BCUT2D eigenvalue weighted by Crippen LogP contribution is 2.13. The maximum absolute atomic E-state index is 12.6. The van der Waals surface area contributed by atoms with Crippen molar-refractivity contribution in [2.24, 2.45) is 0 Å². The van der Waals surface area contributed by atoms with Crippen molar-refractivity contribution in [1.82, 2.24) is 25.1 Å². The first-order chi connectivity index (χ1) is 12.4. The Kier molecular flexibility index (Phi) is 5.29. The van der Waals surface area contributed by atoms with E-state index in [-0.39, 0.29) is 30.1 Å². The Bertz CT molecular complexity index is 854. The summed E-state index contributed by atoms with van der Waals surface area (Å²) >= 11 is 0. The highest BCUT2D eigenvalue weighted by atomic mass is 16.2. The van der Waals surface area contributed by atoms with E-state index in [4.69, 9.17) is 0 Å². The van der Waals surface area contributed by atoms with Gasteiger partial charge in [-0.25, -0.2) is 9.59 Å². The molecular weight excluding hydrogens is 334 g/mol. The van der Waals surface area contributed by atoms with Crippen LogP contribution < -0.4 is 11.0 Å². The van der Waals surface area contributed by atoms with Gasteiger partial charge in [0.05, 0.1) is 17.5 Å². The maximum atomic E-state index is 12.6. The van der Waals surface area contributed by atoms with Crippen LogP contribution in [-0.4, -0.2) is 63.9 Å². The summed E-state index contributed by atoms with van der Waals surface area (Å²) in [6.07, 6.45) is 1.04. The number of nitrogens with one attached hydrogen (secondary N) is 3. The van der Waals surface area contributed by atoms with Gasteiger partial charge < -0.3 is 25.1 Å². The molecule has 0 atom stereocenters. The van der Waals surface area contributed by atoms with Crippen LogP contribution in [0.5, 0.6) is 0 Å². The van der Waals surface area contributed by atoms with E-state index >= 15 is 0 Å². The molecule has 2 heterocycles. The number of aromatic nitrogens is 2. The van der Waals surface area contributed by atoms with Crippen LogP contribution in [0.4, 0.5) is 4.79 Å². The van der Waals surface area contributed by atoms with Crippen LogP contribution in [0.1, 0.15) is 25.8 Å². The van der Waals surface area contributed by atoms with Crippen LogP contribution in [0.25, 0.3) is 11.0 Å². The SMILES string of the molecule is CC(C)NC(=O)N1CCCN(C(=O)Cc2ccc3[nH]c(=O)[nH]c3c2)CC1. The number of hydrogen-bond donors (Lipinski definition) is 3. The summed E-state index contributed by atoms with van der Waals surface area (Å²) in [7, 11) is 0. The number of carbonyl (C=O) groups excluding carboxylic acids is 2. The lowest BCUT2D eigenvalue weighted by Crippen LogP contribution is -2.45. The Morgan fingerprint density at radius 1 is 1.08 bits per heavy atom. The number of amides is 3. The lowest BCUT2D eigenvalue weighted by molar-refractivity contribution is -0.130. The number of aromatic amines is 2. The monoisotopic (exact) mass is 359 g/mol. The predicted octanol–water partition coefficient (Wildman–Crippen LogP) is 1.05. The number of H-pyrrole nitrogens is 2. The molecule has 8 heteroatoms. The number of benzene rings is 1. The van der Waals surface area contributed by atoms with Crippen LogP contribution in [-0.2, 0) is 11.2 Å². The van der Waals surface area contributed by atoms with Gasteiger partial charge in [0, 0.05) is 32.2 Å². The molecule has 0 radical (unpaired) electrons. The summed E-state index contributed by atoms with van der Waals surface area (Å²) in [6, 6.07) is 5.50. The minimum atomic E-state index is -0.254. The molecule has 0 unspecified atom stereocenters. The molecule has 26 heavy (non-hydrogen) atoms. The second-order valence-electron chi connectivity index (χ2n) is 6.96. The van der Waals surface area contributed by atoms with E-state index in [1.54, 1.807) is 11.0 Å². The third-order valence-electron chi connectivity index (χ3n) is 4.48. The summed E-state index contributed by atoms with van der Waals surface area (Å²) in [5, 5.41) is 2.89. The molecule has 2 aromatic rings. The fourth-order valence-corrected chi connectivity index (χ4v) is 3.18. The lowest BCUT2D eigenvalue weighted by atomic mass is 10.1. The van der Waals surface area contributed by atoms with Crippen molar-refractivity contribution in [3.63, 3.8) is 0 Å². The van der Waals surface area contributed by atoms with Gasteiger partial charge in [-0.1, -0.05) is 6.07 Å². The van der Waals surface area contributed by atoms with Gasteiger partial charge in [0.2, 0.25) is 5.91 Å². The molecule has 8 nitrogen and oxygen atoms in total. The molecule has 0 bridgehead atoms. The summed E-state index contributed by atoms with van der Waals surface area (Å²) in [4.78, 5) is 45.1. The molecule has 0 spiro atoms. The van der Waals surface area contributed by atoms with E-state index in [2.05, 4.69) is 15.3 Å². The minimum absolute atomic E-state index is 0.0355. The Morgan fingerprint density at radius 2 is 1.77 bits per heavy atom. The molecule has 1 aliphatic heterocycles. The Morgan fingerprint density at radius 3 is 2.54 bits per heavy atom. The maximum Gasteiger partial charge on any atom is 0.323 e. The van der Waals surface area contributed by atoms with Gasteiger partial charge in [0.25, 0.3) is 0 Å². The molecule has 3 N–H and O–H groups in total. The van der Waals surface area contributed by atoms with Crippen molar-refractivity contribution in [3.05, 3.63) is 34.2 Å². The average molecular weight is 359 g/mol. The standard InChI is InChI=1S/C18H25N5O3/c1-12(2)19-18(26)23-7-3-6-22(8-9-23)16(24)11-13-4-5-14-15(10-13)21-17(25)20-14/h4-5,10,12H,3,6-9,11H2,1-2H3,(H,19,26)(H2,20,21,25). The Hall–Kier alpha value is -2.77. The van der Waals surface area contributed by atoms with Gasteiger partial charge in [-0.2, -0.15) is 0 Å². The molecule has 1 aliphatic rings. The van der Waals surface area contributed by atoms with Gasteiger partial charge in [0.15, 0.2) is 0 Å². The van der Waals surface area contributed by atoms with Crippen molar-refractivity contribution in [1.29, 1.82) is 0 Å². The van der Waals surface area contributed by atoms with E-state index in [0.717, 1.165) is 17.5 Å². The largest absolute Gasteiger partial charge is 0.341 e. The van der Waals surface area contributed by atoms with Gasteiger partial charge in [-0.3, -0.25) is 4.79 Å². The highest BCUT2D eigenvalue weighted by Gasteiger charge is 2.22. The van der Waals surface area contributed by atoms with Gasteiger partial charge in [-0.15, -0.1) is 0 Å². The van der Waals surface area contributed by atoms with Gasteiger partial charge in [0.1, 0.15) is 0 Å². The van der Waals surface area contributed by atoms with E-state index in [0.29, 0.717) is 31.7 Å². The number of fused-ring (bicyclic) bond motifs is 1. The first-order valence-electron chi connectivity index (χ1n) is 8.96. The molecule has 1 fully saturated rings. The number of nitrogens with zero attached hydrogens (tertiary/aromatic N) is 2. The summed E-state index contributed by atoms with van der Waals surface area (Å²) < 4.78 is 0. The zero-order valence-electron chi connectivity index (χ0n) is 15.2. The lowest BCUT2D eigenvalue weighted by Gasteiger charge is -2.23. The van der Waals surface area contributed by atoms with Gasteiger partial charge >= 0.3 is 11.7 Å². The second-order valence-corrected chi connectivity index (χ2v) is 6.96. The molecular formula is C18H25N5O3. The number of imidazole rings is 1. The quantitative estimate of drug-likeness (QED) is 0.763. The molecule has 1 saturated heterocycles. The summed E-state index contributed by atoms with van der Waals surface area (Å²) in [6.45, 7) is 6.23. The van der Waals surface area contributed by atoms with Crippen molar-refractivity contribution in [2.75, 3.05) is 26.2 Å². The number of urea groups is 1. The predicted molar refractivity (Wildman–Crippen MR) is 99.1 cm³/mol. The topological polar surface area (TPSA) is 101 Å². The third-order valence-corrected chi connectivity index (χ3v) is 4.48. The second kappa shape index (κ2) is 7.63. The molecule has 1 aromatic carbocycles. The molecule has 3 amide bonds. The highest BCUT2D eigenvalue weighted by molar-refractivity contribution is 5.82. The molecule has 3 rings (SSSR count). The van der Waals surface area contributed by atoms with Crippen LogP contribution in [0.2, 0.25) is 0 Å². The molecule has 140 valence electrons. The Labute approximate surface area is 151 Å². The summed E-state index contributed by atoms with van der Waals surface area (Å²) in [5.41, 5.74) is 2.03. The van der Waals surface area contributed by atoms with Crippen LogP contribution in [0.15, 0.2) is 23.0 Å². The number of rotatable bonds is 3. The van der Waals surface area contributed by atoms with Crippen molar-refractivity contribution in [2.45, 2.75) is 32.7 Å².